The van der Waals surface area contributed by atoms with E-state index < -0.39 is 9.04 Å². The molecule has 93 valence electrons. The minimum absolute atomic E-state index is 0.749. The molecule has 1 aromatic heterocycles. The van der Waals surface area contributed by atoms with Crippen molar-refractivity contribution in [3.63, 3.8) is 0 Å². The average Bonchev–Trinajstić information content (AvgIpc) is 2.84. The van der Waals surface area contributed by atoms with Crippen LogP contribution < -0.4 is 4.43 Å². The van der Waals surface area contributed by atoms with E-state index in [0.29, 0.717) is 0 Å². The second-order valence-corrected chi connectivity index (χ2v) is 6.93. The first-order chi connectivity index (χ1) is 8.75. The van der Waals surface area contributed by atoms with Gasteiger partial charge in [-0.3, -0.25) is 4.99 Å². The molecule has 18 heavy (non-hydrogen) atoms. The highest BCUT2D eigenvalue weighted by Gasteiger charge is 2.04. The van der Waals surface area contributed by atoms with Crippen LogP contribution in [-0.4, -0.2) is 15.3 Å². The monoisotopic (exact) mass is 274 g/mol. The van der Waals surface area contributed by atoms with Crippen molar-refractivity contribution in [2.45, 2.75) is 19.5 Å². The standard InChI is InChI=1S/C14H16NOSSi/c1-18(2)16-14-6-4-3-5-13(14)15-9-7-12-8-10-17-11-12/h3-6,8-11H,7H2,1-2H3. The van der Waals surface area contributed by atoms with Crippen LogP contribution in [0.3, 0.4) is 0 Å². The second-order valence-electron chi connectivity index (χ2n) is 4.13. The first-order valence-corrected chi connectivity index (χ1v) is 9.21. The van der Waals surface area contributed by atoms with E-state index in [1.165, 1.54) is 5.56 Å². The molecule has 0 aliphatic carbocycles. The minimum Gasteiger partial charge on any atom is -0.541 e. The molecule has 1 radical (unpaired) electrons. The van der Waals surface area contributed by atoms with Gasteiger partial charge in [0.05, 0.1) is 0 Å². The maximum Gasteiger partial charge on any atom is 0.274 e. The number of thiophene rings is 1. The van der Waals surface area contributed by atoms with Crippen LogP contribution in [0.25, 0.3) is 0 Å². The Morgan fingerprint density at radius 3 is 2.83 bits per heavy atom. The summed E-state index contributed by atoms with van der Waals surface area (Å²) in [5.74, 6) is 0.887. The summed E-state index contributed by atoms with van der Waals surface area (Å²) < 4.78 is 5.82. The highest BCUT2D eigenvalue weighted by Crippen LogP contribution is 2.27. The molecule has 0 bridgehead atoms. The maximum absolute atomic E-state index is 5.82. The lowest BCUT2D eigenvalue weighted by molar-refractivity contribution is 0.582. The van der Waals surface area contributed by atoms with Crippen molar-refractivity contribution >= 4 is 32.3 Å². The Bertz CT molecular complexity index is 508. The molecule has 0 atom stereocenters. The largest absolute Gasteiger partial charge is 0.541 e. The number of para-hydroxylation sites is 2. The van der Waals surface area contributed by atoms with Crippen LogP contribution in [0, 0.1) is 0 Å². The van der Waals surface area contributed by atoms with E-state index in [1.54, 1.807) is 11.3 Å². The van der Waals surface area contributed by atoms with Crippen molar-refractivity contribution in [1.29, 1.82) is 0 Å². The highest BCUT2D eigenvalue weighted by molar-refractivity contribution is 7.07. The topological polar surface area (TPSA) is 21.6 Å². The van der Waals surface area contributed by atoms with Crippen molar-refractivity contribution < 1.29 is 4.43 Å². The molecule has 0 N–H and O–H groups in total. The Hall–Kier alpha value is -1.39. The van der Waals surface area contributed by atoms with Crippen molar-refractivity contribution in [2.24, 2.45) is 4.99 Å². The molecular weight excluding hydrogens is 258 g/mol. The number of nitrogens with zero attached hydrogens (tertiary/aromatic N) is 1. The second kappa shape index (κ2) is 6.52. The summed E-state index contributed by atoms with van der Waals surface area (Å²) >= 11 is 1.72. The van der Waals surface area contributed by atoms with Gasteiger partial charge in [0, 0.05) is 12.6 Å². The zero-order valence-electron chi connectivity index (χ0n) is 10.6. The molecule has 0 fully saturated rings. The van der Waals surface area contributed by atoms with E-state index in [9.17, 15) is 0 Å². The fourth-order valence-corrected chi connectivity index (χ4v) is 2.82. The van der Waals surface area contributed by atoms with Gasteiger partial charge in [-0.2, -0.15) is 11.3 Å². The Morgan fingerprint density at radius 2 is 2.11 bits per heavy atom. The van der Waals surface area contributed by atoms with Gasteiger partial charge in [0.25, 0.3) is 9.04 Å². The van der Waals surface area contributed by atoms with Crippen molar-refractivity contribution in [1.82, 2.24) is 0 Å². The van der Waals surface area contributed by atoms with Crippen LogP contribution in [0.4, 0.5) is 5.69 Å². The summed E-state index contributed by atoms with van der Waals surface area (Å²) in [7, 11) is -0.749. The summed E-state index contributed by atoms with van der Waals surface area (Å²) in [4.78, 5) is 4.51. The Labute approximate surface area is 114 Å². The molecule has 2 aromatic rings. The van der Waals surface area contributed by atoms with E-state index in [2.05, 4.69) is 34.9 Å². The van der Waals surface area contributed by atoms with Gasteiger partial charge in [-0.15, -0.1) is 0 Å². The summed E-state index contributed by atoms with van der Waals surface area (Å²) in [6, 6.07) is 10.1. The van der Waals surface area contributed by atoms with Crippen LogP contribution >= 0.6 is 11.3 Å². The Kier molecular flexibility index (Phi) is 4.72. The molecule has 0 aliphatic heterocycles. The fraction of sp³-hybridized carbons (Fsp3) is 0.214. The fourth-order valence-electron chi connectivity index (χ4n) is 1.53. The lowest BCUT2D eigenvalue weighted by Gasteiger charge is -2.10. The van der Waals surface area contributed by atoms with Gasteiger partial charge < -0.3 is 4.43 Å². The highest BCUT2D eigenvalue weighted by atomic mass is 32.1. The van der Waals surface area contributed by atoms with Gasteiger partial charge >= 0.3 is 0 Å². The molecule has 0 saturated carbocycles. The lowest BCUT2D eigenvalue weighted by atomic mass is 10.2. The van der Waals surface area contributed by atoms with E-state index in [0.717, 1.165) is 17.9 Å². The third-order valence-electron chi connectivity index (χ3n) is 2.32. The number of hydrogen-bond donors (Lipinski definition) is 0. The third kappa shape index (κ3) is 3.82. The molecule has 2 rings (SSSR count). The van der Waals surface area contributed by atoms with Crippen LogP contribution in [-0.2, 0) is 6.42 Å². The van der Waals surface area contributed by atoms with Crippen molar-refractivity contribution in [2.75, 3.05) is 0 Å². The molecule has 0 aliphatic rings. The molecule has 1 heterocycles. The molecule has 2 nitrogen and oxygen atoms in total. The molecule has 0 amide bonds. The lowest BCUT2D eigenvalue weighted by Crippen LogP contribution is -2.11. The zero-order valence-corrected chi connectivity index (χ0v) is 12.4. The SMILES string of the molecule is C[Si](C)Oc1ccccc1N=CCc1ccsc1. The summed E-state index contributed by atoms with van der Waals surface area (Å²) in [5.41, 5.74) is 2.22. The molecular formula is C14H16NOSSi. The first-order valence-electron chi connectivity index (χ1n) is 5.86. The van der Waals surface area contributed by atoms with Crippen molar-refractivity contribution in [3.8, 4) is 5.75 Å². The predicted molar refractivity (Wildman–Crippen MR) is 80.7 cm³/mol. The van der Waals surface area contributed by atoms with E-state index in [-0.39, 0.29) is 0 Å². The Balaban J connectivity index is 2.06. The number of rotatable bonds is 5. The predicted octanol–water partition coefficient (Wildman–Crippen LogP) is 4.32. The molecule has 0 spiro atoms. The van der Waals surface area contributed by atoms with Gasteiger partial charge in [-0.05, 0) is 47.6 Å². The molecule has 0 unspecified atom stereocenters. The normalized spacial score (nSPS) is 11.3. The van der Waals surface area contributed by atoms with Crippen LogP contribution in [0.2, 0.25) is 13.1 Å². The van der Waals surface area contributed by atoms with Gasteiger partial charge in [0.15, 0.2) is 0 Å². The summed E-state index contributed by atoms with van der Waals surface area (Å²) in [6.45, 7) is 4.24. The molecule has 1 aromatic carbocycles. The van der Waals surface area contributed by atoms with Gasteiger partial charge in [0.1, 0.15) is 11.4 Å². The van der Waals surface area contributed by atoms with E-state index >= 15 is 0 Å². The number of benzene rings is 1. The first kappa shape index (κ1) is 13.0. The van der Waals surface area contributed by atoms with E-state index in [4.69, 9.17) is 4.43 Å². The van der Waals surface area contributed by atoms with Gasteiger partial charge in [0.2, 0.25) is 0 Å². The van der Waals surface area contributed by atoms with Gasteiger partial charge in [-0.25, -0.2) is 0 Å². The molecule has 0 saturated heterocycles. The van der Waals surface area contributed by atoms with Crippen molar-refractivity contribution in [3.05, 3.63) is 46.7 Å². The number of aliphatic imine (C=N–C) groups is 1. The smallest absolute Gasteiger partial charge is 0.274 e. The maximum atomic E-state index is 5.82. The Morgan fingerprint density at radius 1 is 1.28 bits per heavy atom. The van der Waals surface area contributed by atoms with Crippen LogP contribution in [0.5, 0.6) is 5.75 Å². The van der Waals surface area contributed by atoms with E-state index in [1.807, 2.05) is 30.5 Å². The van der Waals surface area contributed by atoms with Crippen LogP contribution in [0.1, 0.15) is 5.56 Å². The third-order valence-corrected chi connectivity index (χ3v) is 3.68. The van der Waals surface area contributed by atoms with Gasteiger partial charge in [-0.1, -0.05) is 12.1 Å². The quantitative estimate of drug-likeness (QED) is 0.587. The molecule has 4 heteroatoms. The van der Waals surface area contributed by atoms with Crippen LogP contribution in [0.15, 0.2) is 46.1 Å². The summed E-state index contributed by atoms with van der Waals surface area (Å²) in [6.07, 6.45) is 2.82. The summed E-state index contributed by atoms with van der Waals surface area (Å²) in [5, 5.41) is 4.23. The minimum atomic E-state index is -0.749. The zero-order chi connectivity index (χ0) is 12.8. The average molecular weight is 274 g/mol. The number of hydrogen-bond acceptors (Lipinski definition) is 3.